The third-order valence-electron chi connectivity index (χ3n) is 6.20. The van der Waals surface area contributed by atoms with Gasteiger partial charge in [0.2, 0.25) is 0 Å². The van der Waals surface area contributed by atoms with Crippen molar-refractivity contribution in [1.82, 2.24) is 4.98 Å². The highest BCUT2D eigenvalue weighted by atomic mass is 16.5. The molecule has 164 valence electrons. The maximum Gasteiger partial charge on any atom is 0.190 e. The van der Waals surface area contributed by atoms with E-state index in [0.29, 0.717) is 33.3 Å². The molecular weight excluding hydrogens is 408 g/mol. The number of aliphatic hydroxyl groups excluding tert-OH is 1. The first-order valence-electron chi connectivity index (χ1n) is 10.9. The highest BCUT2D eigenvalue weighted by Crippen LogP contribution is 2.36. The number of ketones is 1. The molecule has 0 aromatic heterocycles. The van der Waals surface area contributed by atoms with Gasteiger partial charge in [0.1, 0.15) is 17.3 Å². The summed E-state index contributed by atoms with van der Waals surface area (Å²) < 4.78 is 11.8. The number of benzene rings is 3. The average Bonchev–Trinajstić information content (AvgIpc) is 3.19. The van der Waals surface area contributed by atoms with Crippen LogP contribution in [0.1, 0.15) is 31.9 Å². The molecule has 0 unspecified atom stereocenters. The molecule has 2 aliphatic heterocycles. The number of aromatic nitrogens is 1. The van der Waals surface area contributed by atoms with Crippen molar-refractivity contribution in [3.63, 3.8) is 0 Å². The Balaban J connectivity index is 1.66. The van der Waals surface area contributed by atoms with Crippen LogP contribution in [0.15, 0.2) is 51.7 Å². The summed E-state index contributed by atoms with van der Waals surface area (Å²) in [6.45, 7) is 5.62. The van der Waals surface area contributed by atoms with Gasteiger partial charge in [0.15, 0.2) is 22.6 Å². The zero-order chi connectivity index (χ0) is 22.4. The molecule has 2 aromatic carbocycles. The van der Waals surface area contributed by atoms with Gasteiger partial charge in [-0.15, -0.1) is 0 Å². The third kappa shape index (κ3) is 3.34. The smallest absolute Gasteiger partial charge is 0.190 e. The van der Waals surface area contributed by atoms with Crippen molar-refractivity contribution in [2.45, 2.75) is 32.5 Å². The SMILES string of the molecule is CCN(CC)c1ccc2nc3c4cc([C@H]5CC(=O)[C@@H](CO)O5)ccc4c(=O)cc-3oc2c1. The van der Waals surface area contributed by atoms with E-state index in [1.54, 1.807) is 12.1 Å². The van der Waals surface area contributed by atoms with Crippen LogP contribution in [0.3, 0.4) is 0 Å². The highest BCUT2D eigenvalue weighted by molar-refractivity contribution is 5.97. The summed E-state index contributed by atoms with van der Waals surface area (Å²) in [5.41, 5.74) is 3.57. The minimum Gasteiger partial charge on any atom is -0.453 e. The molecule has 0 radical (unpaired) electrons. The first kappa shape index (κ1) is 20.6. The molecule has 3 aliphatic rings. The topological polar surface area (TPSA) is 92.9 Å². The van der Waals surface area contributed by atoms with Crippen molar-refractivity contribution in [3.05, 3.63) is 58.3 Å². The molecule has 0 bridgehead atoms. The lowest BCUT2D eigenvalue weighted by Gasteiger charge is -2.21. The van der Waals surface area contributed by atoms with E-state index < -0.39 is 12.2 Å². The molecular formula is C25H24N2O5. The van der Waals surface area contributed by atoms with Crippen LogP contribution in [0, 0.1) is 0 Å². The van der Waals surface area contributed by atoms with Crippen molar-refractivity contribution >= 4 is 33.3 Å². The number of fused-ring (bicyclic) bond motifs is 4. The van der Waals surface area contributed by atoms with Crippen molar-refractivity contribution in [3.8, 4) is 11.5 Å². The summed E-state index contributed by atoms with van der Waals surface area (Å²) in [4.78, 5) is 31.8. The zero-order valence-electron chi connectivity index (χ0n) is 18.0. The zero-order valence-corrected chi connectivity index (χ0v) is 18.0. The van der Waals surface area contributed by atoms with Gasteiger partial charge in [0.25, 0.3) is 0 Å². The molecule has 32 heavy (non-hydrogen) atoms. The van der Waals surface area contributed by atoms with Crippen molar-refractivity contribution in [2.24, 2.45) is 0 Å². The number of carbonyl (C=O) groups excluding carboxylic acids is 1. The number of Topliss-reactive ketones (excluding diaryl/α,β-unsaturated/α-hetero) is 1. The van der Waals surface area contributed by atoms with Crippen molar-refractivity contribution < 1.29 is 19.1 Å². The Hall–Kier alpha value is -3.29. The van der Waals surface area contributed by atoms with Gasteiger partial charge in [-0.25, -0.2) is 4.98 Å². The lowest BCUT2D eigenvalue weighted by Crippen LogP contribution is -2.21. The second-order valence-electron chi connectivity index (χ2n) is 8.03. The van der Waals surface area contributed by atoms with Crippen molar-refractivity contribution in [2.75, 3.05) is 24.6 Å². The number of rotatable bonds is 5. The normalized spacial score (nSPS) is 18.8. The molecule has 1 saturated heterocycles. The highest BCUT2D eigenvalue weighted by Gasteiger charge is 2.34. The Kier molecular flexibility index (Phi) is 5.15. The fourth-order valence-corrected chi connectivity index (χ4v) is 4.44. The van der Waals surface area contributed by atoms with Gasteiger partial charge in [0.05, 0.1) is 12.7 Å². The molecule has 7 heteroatoms. The van der Waals surface area contributed by atoms with E-state index in [9.17, 15) is 14.7 Å². The lowest BCUT2D eigenvalue weighted by atomic mass is 9.98. The van der Waals surface area contributed by atoms with Gasteiger partial charge in [-0.2, -0.15) is 0 Å². The minimum absolute atomic E-state index is 0.122. The maximum atomic E-state index is 12.8. The van der Waals surface area contributed by atoms with E-state index in [4.69, 9.17) is 14.1 Å². The number of hydrogen-bond acceptors (Lipinski definition) is 7. The van der Waals surface area contributed by atoms with E-state index in [-0.39, 0.29) is 24.2 Å². The monoisotopic (exact) mass is 432 g/mol. The number of aliphatic hydroxyl groups is 1. The van der Waals surface area contributed by atoms with Crippen molar-refractivity contribution in [1.29, 1.82) is 0 Å². The summed E-state index contributed by atoms with van der Waals surface area (Å²) in [6.07, 6.45) is -1.06. The third-order valence-corrected chi connectivity index (χ3v) is 6.20. The molecule has 0 spiro atoms. The Bertz CT molecular complexity index is 1360. The fraction of sp³-hybridized carbons (Fsp3) is 0.320. The van der Waals surface area contributed by atoms with Gasteiger partial charge in [-0.1, -0.05) is 12.1 Å². The molecule has 2 aromatic rings. The molecule has 2 heterocycles. The standard InChI is InChI=1S/C25H24N2O5/c1-3-27(4-2)15-6-8-18-22(10-15)32-23-11-19(29)16-7-5-14(9-17(16)25(23)26-18)21-12-20(30)24(13-28)31-21/h5-11,21,24,28H,3-4,12-13H2,1-2H3/t21-,24-/m1/s1. The van der Waals surface area contributed by atoms with E-state index in [1.165, 1.54) is 6.07 Å². The Morgan fingerprint density at radius 2 is 1.88 bits per heavy atom. The van der Waals surface area contributed by atoms with Crippen LogP contribution in [0.2, 0.25) is 0 Å². The molecule has 1 fully saturated rings. The average molecular weight is 432 g/mol. The van der Waals surface area contributed by atoms with E-state index in [0.717, 1.165) is 24.3 Å². The van der Waals surface area contributed by atoms with E-state index >= 15 is 0 Å². The van der Waals surface area contributed by atoms with Gasteiger partial charge in [-0.05, 0) is 37.6 Å². The van der Waals surface area contributed by atoms with E-state index in [2.05, 4.69) is 18.7 Å². The maximum absolute atomic E-state index is 12.8. The van der Waals surface area contributed by atoms with Crippen LogP contribution in [0.5, 0.6) is 0 Å². The van der Waals surface area contributed by atoms with Gasteiger partial charge in [-0.3, -0.25) is 9.59 Å². The summed E-state index contributed by atoms with van der Waals surface area (Å²) >= 11 is 0. The Morgan fingerprint density at radius 3 is 2.59 bits per heavy atom. The molecule has 5 rings (SSSR count). The van der Waals surface area contributed by atoms with Crippen LogP contribution < -0.4 is 10.3 Å². The molecule has 7 nitrogen and oxygen atoms in total. The minimum atomic E-state index is -0.796. The Morgan fingerprint density at radius 1 is 1.06 bits per heavy atom. The summed E-state index contributed by atoms with van der Waals surface area (Å²) in [5, 5.41) is 10.5. The number of carbonyl (C=O) groups is 1. The lowest BCUT2D eigenvalue weighted by molar-refractivity contribution is -0.124. The number of ether oxygens (including phenoxy) is 1. The summed E-state index contributed by atoms with van der Waals surface area (Å²) in [5.74, 6) is 0.295. The second kappa shape index (κ2) is 8.00. The predicted molar refractivity (Wildman–Crippen MR) is 122 cm³/mol. The van der Waals surface area contributed by atoms with Crippen LogP contribution in [0.25, 0.3) is 33.3 Å². The first-order chi connectivity index (χ1) is 15.5. The largest absolute Gasteiger partial charge is 0.453 e. The van der Waals surface area contributed by atoms with Crippen LogP contribution in [0.4, 0.5) is 5.69 Å². The van der Waals surface area contributed by atoms with E-state index in [1.807, 2.05) is 24.3 Å². The fourth-order valence-electron chi connectivity index (χ4n) is 4.44. The summed E-state index contributed by atoms with van der Waals surface area (Å²) in [7, 11) is 0. The number of anilines is 1. The summed E-state index contributed by atoms with van der Waals surface area (Å²) in [6, 6.07) is 12.8. The van der Waals surface area contributed by atoms with Gasteiger partial charge in [0, 0.05) is 48.1 Å². The molecule has 0 saturated carbocycles. The second-order valence-corrected chi connectivity index (χ2v) is 8.03. The molecule has 1 aliphatic carbocycles. The Labute approximate surface area is 184 Å². The predicted octanol–water partition coefficient (Wildman–Crippen LogP) is 3.68. The molecule has 1 N–H and O–H groups in total. The molecule has 0 amide bonds. The number of hydrogen-bond donors (Lipinski definition) is 1. The number of nitrogens with zero attached hydrogens (tertiary/aromatic N) is 2. The molecule has 2 atom stereocenters. The van der Waals surface area contributed by atoms with Crippen LogP contribution in [-0.2, 0) is 9.53 Å². The van der Waals surface area contributed by atoms with Gasteiger partial charge < -0.3 is 19.2 Å². The van der Waals surface area contributed by atoms with Crippen LogP contribution >= 0.6 is 0 Å². The van der Waals surface area contributed by atoms with Gasteiger partial charge >= 0.3 is 0 Å². The first-order valence-corrected chi connectivity index (χ1v) is 10.9. The quantitative estimate of drug-likeness (QED) is 0.380. The van der Waals surface area contributed by atoms with Crippen LogP contribution in [-0.4, -0.2) is 41.7 Å².